The molecule has 1 rings (SSSR count). The second-order valence-electron chi connectivity index (χ2n) is 5.03. The zero-order valence-corrected chi connectivity index (χ0v) is 13.6. The topological polar surface area (TPSA) is 32.3 Å². The molecule has 0 aliphatic carbocycles. The van der Waals surface area contributed by atoms with E-state index in [1.807, 2.05) is 19.9 Å². The molecule has 4 heteroatoms. The molecule has 112 valence electrons. The Morgan fingerprint density at radius 1 is 1.35 bits per heavy atom. The second kappa shape index (κ2) is 8.40. The van der Waals surface area contributed by atoms with Crippen LogP contribution in [0.15, 0.2) is 18.2 Å². The fourth-order valence-electron chi connectivity index (χ4n) is 2.12. The van der Waals surface area contributed by atoms with Crippen LogP contribution in [0.4, 0.5) is 0 Å². The van der Waals surface area contributed by atoms with Crippen LogP contribution in [0.5, 0.6) is 0 Å². The van der Waals surface area contributed by atoms with E-state index < -0.39 is 0 Å². The number of nitrogens with one attached hydrogen (secondary N) is 1. The minimum Gasteiger partial charge on any atom is -0.306 e. The standard InChI is InChI=1S/C16H25ClN2O/c1-5-19(6-2)10-9-18-13(4)16(20)14-7-8-15(17)12(3)11-14/h7-8,11,13,18H,5-6,9-10H2,1-4H3. The summed E-state index contributed by atoms with van der Waals surface area (Å²) in [5.41, 5.74) is 1.66. The van der Waals surface area contributed by atoms with Crippen molar-refractivity contribution in [1.82, 2.24) is 10.2 Å². The van der Waals surface area contributed by atoms with Crippen LogP contribution in [0.2, 0.25) is 5.02 Å². The molecule has 20 heavy (non-hydrogen) atoms. The zero-order chi connectivity index (χ0) is 15.1. The van der Waals surface area contributed by atoms with Crippen LogP contribution in [-0.4, -0.2) is 42.9 Å². The van der Waals surface area contributed by atoms with E-state index in [1.165, 1.54) is 0 Å². The first-order valence-electron chi connectivity index (χ1n) is 7.25. The highest BCUT2D eigenvalue weighted by Crippen LogP contribution is 2.17. The Balaban J connectivity index is 2.52. The van der Waals surface area contributed by atoms with E-state index in [0.717, 1.165) is 37.3 Å². The smallest absolute Gasteiger partial charge is 0.179 e. The third-order valence-electron chi connectivity index (χ3n) is 3.61. The van der Waals surface area contributed by atoms with E-state index in [2.05, 4.69) is 24.1 Å². The molecular formula is C16H25ClN2O. The first kappa shape index (κ1) is 17.2. The minimum atomic E-state index is -0.175. The van der Waals surface area contributed by atoms with E-state index in [4.69, 9.17) is 11.6 Å². The van der Waals surface area contributed by atoms with Gasteiger partial charge in [-0.15, -0.1) is 0 Å². The highest BCUT2D eigenvalue weighted by atomic mass is 35.5. The summed E-state index contributed by atoms with van der Waals surface area (Å²) in [5.74, 6) is 0.115. The van der Waals surface area contributed by atoms with Gasteiger partial charge in [-0.05, 0) is 50.7 Å². The fourth-order valence-corrected chi connectivity index (χ4v) is 2.24. The predicted molar refractivity (Wildman–Crippen MR) is 85.8 cm³/mol. The SMILES string of the molecule is CCN(CC)CCNC(C)C(=O)c1ccc(Cl)c(C)c1. The Labute approximate surface area is 127 Å². The molecule has 1 atom stereocenters. The highest BCUT2D eigenvalue weighted by molar-refractivity contribution is 6.31. The Morgan fingerprint density at radius 2 is 2.00 bits per heavy atom. The van der Waals surface area contributed by atoms with Gasteiger partial charge in [0.2, 0.25) is 0 Å². The highest BCUT2D eigenvalue weighted by Gasteiger charge is 2.15. The maximum Gasteiger partial charge on any atom is 0.179 e. The number of hydrogen-bond donors (Lipinski definition) is 1. The number of hydrogen-bond acceptors (Lipinski definition) is 3. The molecule has 0 amide bonds. The van der Waals surface area contributed by atoms with Crippen LogP contribution >= 0.6 is 11.6 Å². The molecule has 1 aromatic carbocycles. The second-order valence-corrected chi connectivity index (χ2v) is 5.44. The molecule has 0 aliphatic rings. The quantitative estimate of drug-likeness (QED) is 0.748. The molecule has 1 N–H and O–H groups in total. The largest absolute Gasteiger partial charge is 0.306 e. The van der Waals surface area contributed by atoms with Crippen molar-refractivity contribution >= 4 is 17.4 Å². The first-order chi connectivity index (χ1) is 9.49. The number of carbonyl (C=O) groups is 1. The lowest BCUT2D eigenvalue weighted by Gasteiger charge is -2.20. The van der Waals surface area contributed by atoms with Crippen molar-refractivity contribution < 1.29 is 4.79 Å². The molecule has 0 fully saturated rings. The predicted octanol–water partition coefficient (Wildman–Crippen LogP) is 3.15. The van der Waals surface area contributed by atoms with Crippen molar-refractivity contribution in [1.29, 1.82) is 0 Å². The van der Waals surface area contributed by atoms with Gasteiger partial charge in [-0.2, -0.15) is 0 Å². The van der Waals surface area contributed by atoms with Gasteiger partial charge in [-0.25, -0.2) is 0 Å². The summed E-state index contributed by atoms with van der Waals surface area (Å²) in [6.07, 6.45) is 0. The maximum atomic E-state index is 12.3. The van der Waals surface area contributed by atoms with Gasteiger partial charge in [0.05, 0.1) is 6.04 Å². The number of nitrogens with zero attached hydrogens (tertiary/aromatic N) is 1. The van der Waals surface area contributed by atoms with Gasteiger partial charge in [0.1, 0.15) is 0 Å². The number of aryl methyl sites for hydroxylation is 1. The van der Waals surface area contributed by atoms with Crippen LogP contribution in [-0.2, 0) is 0 Å². The van der Waals surface area contributed by atoms with E-state index in [9.17, 15) is 4.79 Å². The van der Waals surface area contributed by atoms with Gasteiger partial charge in [0.15, 0.2) is 5.78 Å². The number of benzene rings is 1. The van der Waals surface area contributed by atoms with Crippen LogP contribution < -0.4 is 5.32 Å². The van der Waals surface area contributed by atoms with Gasteiger partial charge < -0.3 is 10.2 Å². The normalized spacial score (nSPS) is 12.7. The molecule has 0 bridgehead atoms. The molecular weight excluding hydrogens is 272 g/mol. The van der Waals surface area contributed by atoms with Crippen molar-refractivity contribution in [3.8, 4) is 0 Å². The van der Waals surface area contributed by atoms with E-state index in [0.29, 0.717) is 5.02 Å². The molecule has 3 nitrogen and oxygen atoms in total. The monoisotopic (exact) mass is 296 g/mol. The summed E-state index contributed by atoms with van der Waals surface area (Å²) in [5, 5.41) is 3.99. The summed E-state index contributed by atoms with van der Waals surface area (Å²) in [6, 6.07) is 5.26. The van der Waals surface area contributed by atoms with Gasteiger partial charge in [-0.3, -0.25) is 4.79 Å². The molecule has 0 saturated heterocycles. The van der Waals surface area contributed by atoms with Crippen molar-refractivity contribution in [3.63, 3.8) is 0 Å². The molecule has 0 heterocycles. The number of rotatable bonds is 8. The summed E-state index contributed by atoms with van der Waals surface area (Å²) in [6.45, 7) is 12.0. The summed E-state index contributed by atoms with van der Waals surface area (Å²) < 4.78 is 0. The van der Waals surface area contributed by atoms with Crippen LogP contribution in [0.1, 0.15) is 36.7 Å². The Kier molecular flexibility index (Phi) is 7.20. The number of likely N-dealkylation sites (N-methyl/N-ethyl adjacent to an activating group) is 1. The summed E-state index contributed by atoms with van der Waals surface area (Å²) in [4.78, 5) is 14.6. The lowest BCUT2D eigenvalue weighted by Crippen LogP contribution is -2.39. The van der Waals surface area contributed by atoms with Crippen LogP contribution in [0.3, 0.4) is 0 Å². The molecule has 0 saturated carbocycles. The van der Waals surface area contributed by atoms with Gasteiger partial charge in [-0.1, -0.05) is 25.4 Å². The van der Waals surface area contributed by atoms with Crippen LogP contribution in [0, 0.1) is 6.92 Å². The average molecular weight is 297 g/mol. The van der Waals surface area contributed by atoms with Crippen molar-refractivity contribution in [2.75, 3.05) is 26.2 Å². The molecule has 1 aromatic rings. The lowest BCUT2D eigenvalue weighted by molar-refractivity contribution is 0.0949. The Bertz CT molecular complexity index is 444. The summed E-state index contributed by atoms with van der Waals surface area (Å²) >= 11 is 5.98. The van der Waals surface area contributed by atoms with Crippen molar-refractivity contribution in [2.24, 2.45) is 0 Å². The van der Waals surface area contributed by atoms with E-state index >= 15 is 0 Å². The Hall–Kier alpha value is -0.900. The number of ketones is 1. The average Bonchev–Trinajstić information content (AvgIpc) is 2.45. The number of halogens is 1. The molecule has 0 radical (unpaired) electrons. The number of Topliss-reactive ketones (excluding diaryl/α,β-unsaturated/α-hetero) is 1. The van der Waals surface area contributed by atoms with E-state index in [1.54, 1.807) is 12.1 Å². The maximum absolute atomic E-state index is 12.3. The summed E-state index contributed by atoms with van der Waals surface area (Å²) in [7, 11) is 0. The van der Waals surface area contributed by atoms with Gasteiger partial charge >= 0.3 is 0 Å². The molecule has 0 aliphatic heterocycles. The molecule has 0 aromatic heterocycles. The third kappa shape index (κ3) is 4.89. The number of carbonyl (C=O) groups excluding carboxylic acids is 1. The molecule has 0 spiro atoms. The van der Waals surface area contributed by atoms with Crippen molar-refractivity contribution in [3.05, 3.63) is 34.3 Å². The minimum absolute atomic E-state index is 0.115. The van der Waals surface area contributed by atoms with Crippen LogP contribution in [0.25, 0.3) is 0 Å². The zero-order valence-electron chi connectivity index (χ0n) is 12.9. The van der Waals surface area contributed by atoms with Crippen molar-refractivity contribution in [2.45, 2.75) is 33.7 Å². The van der Waals surface area contributed by atoms with Gasteiger partial charge in [0.25, 0.3) is 0 Å². The molecule has 1 unspecified atom stereocenters. The third-order valence-corrected chi connectivity index (χ3v) is 4.03. The van der Waals surface area contributed by atoms with E-state index in [-0.39, 0.29) is 11.8 Å². The lowest BCUT2D eigenvalue weighted by atomic mass is 10.0. The first-order valence-corrected chi connectivity index (χ1v) is 7.63. The van der Waals surface area contributed by atoms with Gasteiger partial charge in [0, 0.05) is 23.7 Å². The Morgan fingerprint density at radius 3 is 2.55 bits per heavy atom. The fraction of sp³-hybridized carbons (Fsp3) is 0.562.